The SMILES string of the molecule is Cn1ccc2cc(-c3cc(Br)cnc3N)ccc2c1=O. The molecule has 20 heavy (non-hydrogen) atoms. The molecule has 0 saturated heterocycles. The zero-order valence-electron chi connectivity index (χ0n) is 10.8. The van der Waals surface area contributed by atoms with E-state index in [1.54, 1.807) is 24.0 Å². The van der Waals surface area contributed by atoms with E-state index in [1.807, 2.05) is 30.3 Å². The molecule has 2 N–H and O–H groups in total. The summed E-state index contributed by atoms with van der Waals surface area (Å²) in [6.45, 7) is 0. The predicted molar refractivity (Wildman–Crippen MR) is 84.5 cm³/mol. The second-order valence-electron chi connectivity index (χ2n) is 4.62. The highest BCUT2D eigenvalue weighted by Gasteiger charge is 2.07. The lowest BCUT2D eigenvalue weighted by atomic mass is 10.0. The van der Waals surface area contributed by atoms with Gasteiger partial charge in [-0.3, -0.25) is 4.79 Å². The first-order valence-electron chi connectivity index (χ1n) is 6.07. The number of fused-ring (bicyclic) bond motifs is 1. The lowest BCUT2D eigenvalue weighted by molar-refractivity contribution is 0.873. The summed E-state index contributed by atoms with van der Waals surface area (Å²) in [6.07, 6.45) is 3.42. The van der Waals surface area contributed by atoms with Crippen LogP contribution in [0.25, 0.3) is 21.9 Å². The second kappa shape index (κ2) is 4.76. The standard InChI is InChI=1S/C15H12BrN3O/c1-19-5-4-10-6-9(2-3-12(10)15(19)20)13-7-11(16)8-18-14(13)17/h2-8H,1H3,(H2,17,18). The van der Waals surface area contributed by atoms with Gasteiger partial charge in [-0.05, 0) is 51.1 Å². The topological polar surface area (TPSA) is 60.9 Å². The number of hydrogen-bond donors (Lipinski definition) is 1. The van der Waals surface area contributed by atoms with Gasteiger partial charge in [0.2, 0.25) is 0 Å². The zero-order valence-corrected chi connectivity index (χ0v) is 12.4. The molecule has 2 aromatic heterocycles. The van der Waals surface area contributed by atoms with Gasteiger partial charge in [0.15, 0.2) is 0 Å². The number of pyridine rings is 2. The van der Waals surface area contributed by atoms with Crippen LogP contribution >= 0.6 is 15.9 Å². The quantitative estimate of drug-likeness (QED) is 0.746. The zero-order chi connectivity index (χ0) is 14.3. The van der Waals surface area contributed by atoms with Crippen molar-refractivity contribution in [3.05, 3.63) is 57.6 Å². The maximum atomic E-state index is 12.0. The Labute approximate surface area is 124 Å². The minimum atomic E-state index is -0.00520. The molecule has 0 aliphatic carbocycles. The Morgan fingerprint density at radius 2 is 2.05 bits per heavy atom. The van der Waals surface area contributed by atoms with Gasteiger partial charge in [0.1, 0.15) is 5.82 Å². The average molecular weight is 330 g/mol. The van der Waals surface area contributed by atoms with Crippen molar-refractivity contribution in [2.75, 3.05) is 5.73 Å². The highest BCUT2D eigenvalue weighted by molar-refractivity contribution is 9.10. The molecule has 0 bridgehead atoms. The van der Waals surface area contributed by atoms with Gasteiger partial charge in [0.05, 0.1) is 0 Å². The van der Waals surface area contributed by atoms with Gasteiger partial charge in [-0.25, -0.2) is 4.98 Å². The number of nitrogen functional groups attached to an aromatic ring is 1. The van der Waals surface area contributed by atoms with E-state index in [9.17, 15) is 4.79 Å². The molecule has 4 nitrogen and oxygen atoms in total. The minimum Gasteiger partial charge on any atom is -0.383 e. The largest absolute Gasteiger partial charge is 0.383 e. The average Bonchev–Trinajstić information content (AvgIpc) is 2.45. The van der Waals surface area contributed by atoms with Crippen LogP contribution in [-0.2, 0) is 7.05 Å². The molecule has 0 spiro atoms. The van der Waals surface area contributed by atoms with Gasteiger partial charge < -0.3 is 10.3 Å². The first-order valence-corrected chi connectivity index (χ1v) is 6.86. The number of benzene rings is 1. The van der Waals surface area contributed by atoms with Crippen LogP contribution in [0, 0.1) is 0 Å². The smallest absolute Gasteiger partial charge is 0.258 e. The van der Waals surface area contributed by atoms with Gasteiger partial charge in [-0.2, -0.15) is 0 Å². The number of aryl methyl sites for hydroxylation is 1. The Hall–Kier alpha value is -2.14. The third kappa shape index (κ3) is 2.10. The molecular weight excluding hydrogens is 318 g/mol. The highest BCUT2D eigenvalue weighted by atomic mass is 79.9. The number of halogens is 1. The summed E-state index contributed by atoms with van der Waals surface area (Å²) in [7, 11) is 1.74. The highest BCUT2D eigenvalue weighted by Crippen LogP contribution is 2.29. The molecule has 0 amide bonds. The Kier molecular flexibility index (Phi) is 3.06. The molecule has 0 unspecified atom stereocenters. The van der Waals surface area contributed by atoms with Crippen molar-refractivity contribution in [3.63, 3.8) is 0 Å². The van der Waals surface area contributed by atoms with E-state index in [0.717, 1.165) is 21.0 Å². The summed E-state index contributed by atoms with van der Waals surface area (Å²) in [5.41, 5.74) is 7.71. The number of rotatable bonds is 1. The number of anilines is 1. The Morgan fingerprint density at radius 3 is 2.85 bits per heavy atom. The maximum Gasteiger partial charge on any atom is 0.258 e. The summed E-state index contributed by atoms with van der Waals surface area (Å²) in [4.78, 5) is 16.1. The van der Waals surface area contributed by atoms with E-state index in [1.165, 1.54) is 0 Å². The Bertz CT molecular complexity index is 871. The van der Waals surface area contributed by atoms with Crippen LogP contribution in [0.2, 0.25) is 0 Å². The molecule has 2 heterocycles. The number of nitrogens with two attached hydrogens (primary N) is 1. The maximum absolute atomic E-state index is 12.0. The first-order chi connectivity index (χ1) is 9.56. The molecule has 5 heteroatoms. The number of aromatic nitrogens is 2. The van der Waals surface area contributed by atoms with Crippen LogP contribution in [0.5, 0.6) is 0 Å². The molecular formula is C15H12BrN3O. The van der Waals surface area contributed by atoms with Gasteiger partial charge >= 0.3 is 0 Å². The minimum absolute atomic E-state index is 0.00520. The van der Waals surface area contributed by atoms with Crippen molar-refractivity contribution in [2.24, 2.45) is 7.05 Å². The van der Waals surface area contributed by atoms with E-state index >= 15 is 0 Å². The normalized spacial score (nSPS) is 10.9. The molecule has 1 aromatic carbocycles. The lowest BCUT2D eigenvalue weighted by Gasteiger charge is -2.07. The molecule has 0 fully saturated rings. The fraction of sp³-hybridized carbons (Fsp3) is 0.0667. The van der Waals surface area contributed by atoms with Crippen LogP contribution in [-0.4, -0.2) is 9.55 Å². The second-order valence-corrected chi connectivity index (χ2v) is 5.54. The molecule has 0 aliphatic rings. The monoisotopic (exact) mass is 329 g/mol. The van der Waals surface area contributed by atoms with Gasteiger partial charge in [0.25, 0.3) is 5.56 Å². The van der Waals surface area contributed by atoms with Crippen molar-refractivity contribution in [3.8, 4) is 11.1 Å². The van der Waals surface area contributed by atoms with E-state index in [0.29, 0.717) is 11.2 Å². The van der Waals surface area contributed by atoms with Gasteiger partial charge in [0, 0.05) is 34.9 Å². The van der Waals surface area contributed by atoms with Crippen LogP contribution < -0.4 is 11.3 Å². The van der Waals surface area contributed by atoms with Crippen LogP contribution in [0.4, 0.5) is 5.82 Å². The Balaban J connectivity index is 2.26. The third-order valence-corrected chi connectivity index (χ3v) is 3.71. The van der Waals surface area contributed by atoms with Gasteiger partial charge in [-0.1, -0.05) is 6.07 Å². The summed E-state index contributed by atoms with van der Waals surface area (Å²) in [5.74, 6) is 0.469. The summed E-state index contributed by atoms with van der Waals surface area (Å²) < 4.78 is 2.43. The molecule has 3 aromatic rings. The van der Waals surface area contributed by atoms with Crippen molar-refractivity contribution < 1.29 is 0 Å². The van der Waals surface area contributed by atoms with E-state index in [4.69, 9.17) is 5.73 Å². The number of hydrogen-bond acceptors (Lipinski definition) is 3. The van der Waals surface area contributed by atoms with Crippen LogP contribution in [0.1, 0.15) is 0 Å². The van der Waals surface area contributed by atoms with E-state index in [-0.39, 0.29) is 5.56 Å². The number of nitrogens with zero attached hydrogens (tertiary/aromatic N) is 2. The molecule has 0 atom stereocenters. The molecule has 0 aliphatic heterocycles. The molecule has 3 rings (SSSR count). The predicted octanol–water partition coefficient (Wildman–Crippen LogP) is 2.95. The van der Waals surface area contributed by atoms with Crippen LogP contribution in [0.3, 0.4) is 0 Å². The van der Waals surface area contributed by atoms with E-state index in [2.05, 4.69) is 20.9 Å². The van der Waals surface area contributed by atoms with Crippen molar-refractivity contribution >= 4 is 32.5 Å². The van der Waals surface area contributed by atoms with Gasteiger partial charge in [-0.15, -0.1) is 0 Å². The molecule has 100 valence electrons. The van der Waals surface area contributed by atoms with E-state index < -0.39 is 0 Å². The fourth-order valence-corrected chi connectivity index (χ4v) is 2.53. The lowest BCUT2D eigenvalue weighted by Crippen LogP contribution is -2.15. The Morgan fingerprint density at radius 1 is 1.25 bits per heavy atom. The van der Waals surface area contributed by atoms with Crippen LogP contribution in [0.15, 0.2) is 52.0 Å². The summed E-state index contributed by atoms with van der Waals surface area (Å²) in [6, 6.07) is 9.51. The fourth-order valence-electron chi connectivity index (χ4n) is 2.19. The van der Waals surface area contributed by atoms with Crippen molar-refractivity contribution in [1.29, 1.82) is 0 Å². The molecule has 0 radical (unpaired) electrons. The molecule has 0 saturated carbocycles. The third-order valence-electron chi connectivity index (χ3n) is 3.28. The first kappa shape index (κ1) is 12.9. The van der Waals surface area contributed by atoms with Crippen molar-refractivity contribution in [1.82, 2.24) is 9.55 Å². The summed E-state index contributed by atoms with van der Waals surface area (Å²) >= 11 is 3.39. The van der Waals surface area contributed by atoms with Crippen molar-refractivity contribution in [2.45, 2.75) is 0 Å². The summed E-state index contributed by atoms with van der Waals surface area (Å²) in [5, 5.41) is 1.59.